The minimum absolute atomic E-state index is 0.0818. The first kappa shape index (κ1) is 24.1. The molecule has 1 aliphatic rings. The molecule has 172 valence electrons. The van der Waals surface area contributed by atoms with E-state index in [2.05, 4.69) is 19.1 Å². The summed E-state index contributed by atoms with van der Waals surface area (Å²) in [6.07, 6.45) is 11.4. The normalized spacial score (nSPS) is 15.3. The van der Waals surface area contributed by atoms with E-state index in [-0.39, 0.29) is 30.2 Å². The number of allylic oxidation sites excluding steroid dienone is 2. The summed E-state index contributed by atoms with van der Waals surface area (Å²) >= 11 is 0. The largest absolute Gasteiger partial charge is 0.504 e. The number of phenolic OH excluding ortho intramolecular Hbond substituents is 1. The van der Waals surface area contributed by atoms with Crippen molar-refractivity contribution in [3.8, 4) is 11.5 Å². The van der Waals surface area contributed by atoms with Crippen LogP contribution in [-0.4, -0.2) is 28.7 Å². The van der Waals surface area contributed by atoms with Crippen molar-refractivity contribution in [2.75, 3.05) is 6.61 Å². The maximum Gasteiger partial charge on any atom is 0.161 e. The number of hydrogen-bond acceptors (Lipinski definition) is 4. The van der Waals surface area contributed by atoms with Gasteiger partial charge in [-0.25, -0.2) is 0 Å². The van der Waals surface area contributed by atoms with Crippen LogP contribution in [0.4, 0.5) is 0 Å². The van der Waals surface area contributed by atoms with Crippen molar-refractivity contribution in [3.63, 3.8) is 0 Å². The molecule has 0 unspecified atom stereocenters. The van der Waals surface area contributed by atoms with Crippen LogP contribution in [0.25, 0.3) is 0 Å². The number of aryl methyl sites for hydroxylation is 1. The highest BCUT2D eigenvalue weighted by molar-refractivity contribution is 5.89. The second-order valence-electron chi connectivity index (χ2n) is 8.78. The van der Waals surface area contributed by atoms with Gasteiger partial charge < -0.3 is 14.9 Å². The molecule has 2 aromatic rings. The summed E-state index contributed by atoms with van der Waals surface area (Å²) < 4.78 is 6.11. The van der Waals surface area contributed by atoms with E-state index >= 15 is 0 Å². The lowest BCUT2D eigenvalue weighted by molar-refractivity contribution is -0.114. The number of aromatic hydroxyl groups is 1. The number of hydrogen-bond donors (Lipinski definition) is 2. The SMILES string of the molecule is CC[C@H](C=CC(=O)CCc1cc(OC2CCCC2)c(O)cc1Cc1ccccc1)CCO. The molecule has 0 heterocycles. The van der Waals surface area contributed by atoms with E-state index in [1.807, 2.05) is 30.3 Å². The van der Waals surface area contributed by atoms with Crippen LogP contribution in [0.5, 0.6) is 11.5 Å². The maximum atomic E-state index is 12.5. The second kappa shape index (κ2) is 12.4. The lowest BCUT2D eigenvalue weighted by Crippen LogP contribution is -2.12. The summed E-state index contributed by atoms with van der Waals surface area (Å²) in [4.78, 5) is 12.5. The smallest absolute Gasteiger partial charge is 0.161 e. The summed E-state index contributed by atoms with van der Waals surface area (Å²) in [5.74, 6) is 1.02. The second-order valence-corrected chi connectivity index (χ2v) is 8.78. The van der Waals surface area contributed by atoms with Gasteiger partial charge in [-0.05, 0) is 92.2 Å². The topological polar surface area (TPSA) is 66.8 Å². The van der Waals surface area contributed by atoms with Gasteiger partial charge in [0.1, 0.15) is 0 Å². The minimum Gasteiger partial charge on any atom is -0.504 e. The quantitative estimate of drug-likeness (QED) is 0.415. The molecule has 0 aliphatic heterocycles. The first-order valence-corrected chi connectivity index (χ1v) is 12.0. The molecule has 32 heavy (non-hydrogen) atoms. The zero-order chi connectivity index (χ0) is 22.8. The third-order valence-corrected chi connectivity index (χ3v) is 6.33. The number of ether oxygens (including phenoxy) is 1. The number of benzene rings is 2. The van der Waals surface area contributed by atoms with Crippen molar-refractivity contribution >= 4 is 5.78 Å². The summed E-state index contributed by atoms with van der Waals surface area (Å²) in [6.45, 7) is 2.20. The maximum absolute atomic E-state index is 12.5. The third-order valence-electron chi connectivity index (χ3n) is 6.33. The Morgan fingerprint density at radius 3 is 2.59 bits per heavy atom. The monoisotopic (exact) mass is 436 g/mol. The number of aliphatic hydroxyl groups is 1. The van der Waals surface area contributed by atoms with Crippen LogP contribution in [-0.2, 0) is 17.6 Å². The molecule has 3 rings (SSSR count). The lowest BCUT2D eigenvalue weighted by Gasteiger charge is -2.18. The van der Waals surface area contributed by atoms with Crippen LogP contribution >= 0.6 is 0 Å². The van der Waals surface area contributed by atoms with Gasteiger partial charge in [-0.15, -0.1) is 0 Å². The van der Waals surface area contributed by atoms with E-state index in [4.69, 9.17) is 9.84 Å². The highest BCUT2D eigenvalue weighted by Gasteiger charge is 2.19. The summed E-state index contributed by atoms with van der Waals surface area (Å²) in [5.41, 5.74) is 3.23. The number of carbonyl (C=O) groups excluding carboxylic acids is 1. The van der Waals surface area contributed by atoms with Crippen molar-refractivity contribution in [2.24, 2.45) is 5.92 Å². The van der Waals surface area contributed by atoms with Gasteiger partial charge in [-0.1, -0.05) is 43.3 Å². The van der Waals surface area contributed by atoms with E-state index in [9.17, 15) is 9.90 Å². The van der Waals surface area contributed by atoms with Gasteiger partial charge in [0.25, 0.3) is 0 Å². The van der Waals surface area contributed by atoms with Gasteiger partial charge >= 0.3 is 0 Å². The predicted octanol–water partition coefficient (Wildman–Crippen LogP) is 5.77. The van der Waals surface area contributed by atoms with Gasteiger partial charge in [-0.2, -0.15) is 0 Å². The Hall–Kier alpha value is -2.59. The van der Waals surface area contributed by atoms with Gasteiger partial charge in [0.15, 0.2) is 17.3 Å². The number of carbonyl (C=O) groups is 1. The Morgan fingerprint density at radius 2 is 1.91 bits per heavy atom. The summed E-state index contributed by atoms with van der Waals surface area (Å²) in [5, 5.41) is 19.8. The molecular formula is C28H36O4. The molecule has 4 heteroatoms. The van der Waals surface area contributed by atoms with Crippen LogP contribution in [0.3, 0.4) is 0 Å². The van der Waals surface area contributed by atoms with Crippen molar-refractivity contribution in [1.29, 1.82) is 0 Å². The Labute approximate surface area is 191 Å². The summed E-state index contributed by atoms with van der Waals surface area (Å²) in [6, 6.07) is 13.9. The zero-order valence-corrected chi connectivity index (χ0v) is 19.1. The number of aliphatic hydroxyl groups excluding tert-OH is 1. The molecule has 2 N–H and O–H groups in total. The average molecular weight is 437 g/mol. The van der Waals surface area contributed by atoms with Gasteiger partial charge in [0, 0.05) is 13.0 Å². The third kappa shape index (κ3) is 7.23. The molecule has 1 aliphatic carbocycles. The van der Waals surface area contributed by atoms with E-state index in [0.29, 0.717) is 31.4 Å². The van der Waals surface area contributed by atoms with Crippen LogP contribution in [0.2, 0.25) is 0 Å². The summed E-state index contributed by atoms with van der Waals surface area (Å²) in [7, 11) is 0. The highest BCUT2D eigenvalue weighted by atomic mass is 16.5. The molecule has 0 amide bonds. The van der Waals surface area contributed by atoms with E-state index in [0.717, 1.165) is 30.4 Å². The van der Waals surface area contributed by atoms with Crippen LogP contribution < -0.4 is 4.74 Å². The fourth-order valence-corrected chi connectivity index (χ4v) is 4.33. The molecule has 0 radical (unpaired) electrons. The van der Waals surface area contributed by atoms with E-state index in [1.165, 1.54) is 18.4 Å². The average Bonchev–Trinajstić information content (AvgIpc) is 3.31. The Bertz CT molecular complexity index is 882. The zero-order valence-electron chi connectivity index (χ0n) is 19.1. The molecule has 0 saturated heterocycles. The molecule has 4 nitrogen and oxygen atoms in total. The molecule has 0 aromatic heterocycles. The number of rotatable bonds is 12. The number of phenols is 1. The predicted molar refractivity (Wildman–Crippen MR) is 128 cm³/mol. The molecule has 0 spiro atoms. The number of ketones is 1. The van der Waals surface area contributed by atoms with Crippen molar-refractivity contribution in [3.05, 3.63) is 71.3 Å². The van der Waals surface area contributed by atoms with E-state index in [1.54, 1.807) is 12.1 Å². The van der Waals surface area contributed by atoms with Gasteiger partial charge in [-0.3, -0.25) is 4.79 Å². The Morgan fingerprint density at radius 1 is 1.16 bits per heavy atom. The van der Waals surface area contributed by atoms with Crippen molar-refractivity contribution < 1.29 is 19.7 Å². The molecule has 2 aromatic carbocycles. The standard InChI is InChI=1S/C28H36O4/c1-2-21(16-17-29)12-14-25(30)15-13-23-20-28(32-26-10-6-7-11-26)27(31)19-24(23)18-22-8-4-3-5-9-22/h3-5,8-9,12,14,19-21,26,29,31H,2,6-7,10-11,13,15-18H2,1H3/t21-/m1/s1. The van der Waals surface area contributed by atoms with Gasteiger partial charge in [0.05, 0.1) is 6.10 Å². The van der Waals surface area contributed by atoms with Crippen LogP contribution in [0.1, 0.15) is 68.6 Å². The van der Waals surface area contributed by atoms with E-state index < -0.39 is 0 Å². The fourth-order valence-electron chi connectivity index (χ4n) is 4.33. The fraction of sp³-hybridized carbons (Fsp3) is 0.464. The molecule has 1 atom stereocenters. The van der Waals surface area contributed by atoms with Crippen LogP contribution in [0.15, 0.2) is 54.6 Å². The first-order chi connectivity index (χ1) is 15.6. The molecular weight excluding hydrogens is 400 g/mol. The van der Waals surface area contributed by atoms with Gasteiger partial charge in [0.2, 0.25) is 0 Å². The molecule has 0 bridgehead atoms. The Kier molecular flexibility index (Phi) is 9.36. The molecule has 1 fully saturated rings. The lowest BCUT2D eigenvalue weighted by atomic mass is 9.95. The molecule has 1 saturated carbocycles. The highest BCUT2D eigenvalue weighted by Crippen LogP contribution is 2.35. The first-order valence-electron chi connectivity index (χ1n) is 12.0. The Balaban J connectivity index is 1.75. The van der Waals surface area contributed by atoms with Crippen LogP contribution in [0, 0.1) is 5.92 Å². The van der Waals surface area contributed by atoms with Crippen molar-refractivity contribution in [2.45, 2.75) is 70.8 Å². The van der Waals surface area contributed by atoms with Crippen molar-refractivity contribution in [1.82, 2.24) is 0 Å². The minimum atomic E-state index is 0.0818.